The molecule has 0 aliphatic carbocycles. The van der Waals surface area contributed by atoms with Gasteiger partial charge in [-0.2, -0.15) is 4.98 Å². The Morgan fingerprint density at radius 2 is 2.00 bits per heavy atom. The van der Waals surface area contributed by atoms with E-state index < -0.39 is 11.5 Å². The molecule has 0 unspecified atom stereocenters. The predicted octanol–water partition coefficient (Wildman–Crippen LogP) is 0.328. The van der Waals surface area contributed by atoms with Crippen LogP contribution in [0.1, 0.15) is 30.5 Å². The number of hydrogen-bond donors (Lipinski definition) is 3. The van der Waals surface area contributed by atoms with Crippen molar-refractivity contribution in [1.82, 2.24) is 15.3 Å². The van der Waals surface area contributed by atoms with E-state index in [1.807, 2.05) is 32.8 Å². The molecule has 1 spiro atoms. The van der Waals surface area contributed by atoms with E-state index in [0.717, 1.165) is 29.9 Å². The number of aryl methyl sites for hydroxylation is 1. The zero-order chi connectivity index (χ0) is 20.2. The monoisotopic (exact) mass is 379 g/mol. The van der Waals surface area contributed by atoms with Gasteiger partial charge in [-0.1, -0.05) is 0 Å². The number of hydrogen-bond acceptors (Lipinski definition) is 7. The third-order valence-electron chi connectivity index (χ3n) is 5.37. The largest absolute Gasteiger partial charge is 0.483 e. The summed E-state index contributed by atoms with van der Waals surface area (Å²) in [6, 6.07) is 0. The van der Waals surface area contributed by atoms with E-state index in [2.05, 4.69) is 15.2 Å². The van der Waals surface area contributed by atoms with E-state index in [0.29, 0.717) is 32.0 Å². The number of amides is 1. The molecule has 1 amide bonds. The highest BCUT2D eigenvalue weighted by Crippen LogP contribution is 2.39. The van der Waals surface area contributed by atoms with Gasteiger partial charge in [-0.05, 0) is 33.1 Å². The van der Waals surface area contributed by atoms with Crippen LogP contribution < -0.4 is 15.1 Å². The van der Waals surface area contributed by atoms with Gasteiger partial charge in [-0.3, -0.25) is 9.59 Å². The molecule has 2 fully saturated rings. The van der Waals surface area contributed by atoms with Gasteiger partial charge in [0.2, 0.25) is 11.9 Å². The van der Waals surface area contributed by atoms with Gasteiger partial charge in [0, 0.05) is 45.0 Å². The lowest BCUT2D eigenvalue weighted by Crippen LogP contribution is -2.61. The summed E-state index contributed by atoms with van der Waals surface area (Å²) in [6.07, 6.45) is 1.61. The molecule has 3 N–H and O–H groups in total. The SMILES string of the molecule is Cc1nc(N(C)C)nc(N2CC[C@H](O)[C@@]3(CCCNC3=O)C2)c1C.O=CO. The van der Waals surface area contributed by atoms with Crippen LogP contribution in [0.2, 0.25) is 0 Å². The number of nitrogens with zero attached hydrogens (tertiary/aromatic N) is 4. The van der Waals surface area contributed by atoms with E-state index >= 15 is 0 Å². The van der Waals surface area contributed by atoms with E-state index in [9.17, 15) is 9.90 Å². The maximum Gasteiger partial charge on any atom is 0.290 e. The normalized spacial score (nSPS) is 24.7. The Labute approximate surface area is 159 Å². The zero-order valence-corrected chi connectivity index (χ0v) is 16.4. The molecule has 2 atom stereocenters. The Balaban J connectivity index is 0.000000817. The number of rotatable bonds is 2. The van der Waals surface area contributed by atoms with Gasteiger partial charge >= 0.3 is 0 Å². The minimum atomic E-state index is -0.722. The first-order chi connectivity index (χ1) is 12.8. The molecular formula is C18H29N5O4. The summed E-state index contributed by atoms with van der Waals surface area (Å²) in [5, 5.41) is 20.4. The lowest BCUT2D eigenvalue weighted by molar-refractivity contribution is -0.142. The Kier molecular flexibility index (Phi) is 6.59. The summed E-state index contributed by atoms with van der Waals surface area (Å²) >= 11 is 0. The van der Waals surface area contributed by atoms with Gasteiger partial charge in [-0.25, -0.2) is 4.98 Å². The third-order valence-corrected chi connectivity index (χ3v) is 5.37. The lowest BCUT2D eigenvalue weighted by atomic mass is 9.71. The molecule has 0 aromatic carbocycles. The Morgan fingerprint density at radius 1 is 1.33 bits per heavy atom. The van der Waals surface area contributed by atoms with E-state index in [4.69, 9.17) is 14.9 Å². The molecule has 0 saturated carbocycles. The minimum absolute atomic E-state index is 0.0257. The molecule has 2 saturated heterocycles. The molecule has 1 aromatic heterocycles. The Bertz CT molecular complexity index is 697. The van der Waals surface area contributed by atoms with Gasteiger partial charge in [0.15, 0.2) is 0 Å². The second-order valence-electron chi connectivity index (χ2n) is 7.30. The molecule has 9 nitrogen and oxygen atoms in total. The molecule has 0 bridgehead atoms. The van der Waals surface area contributed by atoms with Crippen LogP contribution >= 0.6 is 0 Å². The van der Waals surface area contributed by atoms with Crippen molar-refractivity contribution in [3.05, 3.63) is 11.3 Å². The number of piperidine rings is 2. The molecule has 150 valence electrons. The van der Waals surface area contributed by atoms with E-state index in [1.165, 1.54) is 0 Å². The maximum absolute atomic E-state index is 12.5. The summed E-state index contributed by atoms with van der Waals surface area (Å²) in [4.78, 5) is 34.2. The van der Waals surface area contributed by atoms with Crippen LogP contribution in [-0.2, 0) is 9.59 Å². The Morgan fingerprint density at radius 3 is 2.59 bits per heavy atom. The standard InChI is InChI=1S/C17H27N5O2.CH2O2/c1-11-12(2)19-16(21(3)4)20-14(11)22-9-6-13(23)17(10-22)7-5-8-18-15(17)24;2-1-3/h13,23H,5-10H2,1-4H3,(H,18,24);1H,(H,2,3)/t13-,17+;/m0./s1. The van der Waals surface area contributed by atoms with Crippen molar-refractivity contribution in [2.75, 3.05) is 43.5 Å². The number of aromatic nitrogens is 2. The van der Waals surface area contributed by atoms with Crippen molar-refractivity contribution in [1.29, 1.82) is 0 Å². The number of carboxylic acid groups (broad SMARTS) is 1. The topological polar surface area (TPSA) is 119 Å². The molecule has 0 radical (unpaired) electrons. The lowest BCUT2D eigenvalue weighted by Gasteiger charge is -2.47. The van der Waals surface area contributed by atoms with Crippen LogP contribution in [0.3, 0.4) is 0 Å². The highest BCUT2D eigenvalue weighted by Gasteiger charge is 2.50. The third kappa shape index (κ3) is 4.13. The molecule has 27 heavy (non-hydrogen) atoms. The van der Waals surface area contributed by atoms with Gasteiger partial charge < -0.3 is 25.3 Å². The molecule has 9 heteroatoms. The fourth-order valence-corrected chi connectivity index (χ4v) is 3.73. The number of nitrogens with one attached hydrogen (secondary N) is 1. The number of anilines is 2. The van der Waals surface area contributed by atoms with Gasteiger partial charge in [-0.15, -0.1) is 0 Å². The van der Waals surface area contributed by atoms with Crippen molar-refractivity contribution in [3.63, 3.8) is 0 Å². The van der Waals surface area contributed by atoms with Crippen LogP contribution in [-0.4, -0.2) is 72.4 Å². The summed E-state index contributed by atoms with van der Waals surface area (Å²) in [7, 11) is 3.84. The highest BCUT2D eigenvalue weighted by atomic mass is 16.3. The highest BCUT2D eigenvalue weighted by molar-refractivity contribution is 5.85. The number of aliphatic hydroxyl groups excluding tert-OH is 1. The average Bonchev–Trinajstić information content (AvgIpc) is 2.62. The zero-order valence-electron chi connectivity index (χ0n) is 16.4. The van der Waals surface area contributed by atoms with Crippen molar-refractivity contribution in [3.8, 4) is 0 Å². The van der Waals surface area contributed by atoms with E-state index in [1.54, 1.807) is 0 Å². The van der Waals surface area contributed by atoms with Crippen LogP contribution in [0.4, 0.5) is 11.8 Å². The molecule has 1 aromatic rings. The summed E-state index contributed by atoms with van der Waals surface area (Å²) in [5.74, 6) is 1.51. The van der Waals surface area contributed by atoms with Gasteiger partial charge in [0.25, 0.3) is 6.47 Å². The van der Waals surface area contributed by atoms with Crippen molar-refractivity contribution in [2.24, 2.45) is 5.41 Å². The molecule has 2 aliphatic rings. The van der Waals surface area contributed by atoms with Crippen LogP contribution in [0.5, 0.6) is 0 Å². The van der Waals surface area contributed by atoms with Crippen LogP contribution in [0.25, 0.3) is 0 Å². The molecule has 3 heterocycles. The van der Waals surface area contributed by atoms with Gasteiger partial charge in [0.1, 0.15) is 5.82 Å². The van der Waals surface area contributed by atoms with Crippen LogP contribution in [0.15, 0.2) is 0 Å². The molecule has 2 aliphatic heterocycles. The number of carbonyl (C=O) groups is 2. The smallest absolute Gasteiger partial charge is 0.290 e. The molecular weight excluding hydrogens is 350 g/mol. The second kappa shape index (κ2) is 8.51. The van der Waals surface area contributed by atoms with Gasteiger partial charge in [0.05, 0.1) is 11.5 Å². The number of aliphatic hydroxyl groups is 1. The summed E-state index contributed by atoms with van der Waals surface area (Å²) < 4.78 is 0. The van der Waals surface area contributed by atoms with Crippen molar-refractivity contribution >= 4 is 24.1 Å². The Hall–Kier alpha value is -2.42. The maximum atomic E-state index is 12.5. The first-order valence-electron chi connectivity index (χ1n) is 9.08. The summed E-state index contributed by atoms with van der Waals surface area (Å²) in [5.41, 5.74) is 1.25. The first-order valence-corrected chi connectivity index (χ1v) is 9.08. The average molecular weight is 379 g/mol. The fourth-order valence-electron chi connectivity index (χ4n) is 3.73. The van der Waals surface area contributed by atoms with E-state index in [-0.39, 0.29) is 12.4 Å². The first kappa shape index (κ1) is 20.9. The van der Waals surface area contributed by atoms with Crippen molar-refractivity contribution in [2.45, 2.75) is 39.2 Å². The van der Waals surface area contributed by atoms with Crippen LogP contribution in [0, 0.1) is 19.3 Å². The molecule has 3 rings (SSSR count). The number of carbonyl (C=O) groups excluding carboxylic acids is 1. The summed E-state index contributed by atoms with van der Waals surface area (Å²) in [6.45, 7) is 5.65. The quantitative estimate of drug-likeness (QED) is 0.629. The van der Waals surface area contributed by atoms with Crippen molar-refractivity contribution < 1.29 is 19.8 Å². The fraction of sp³-hybridized carbons (Fsp3) is 0.667. The predicted molar refractivity (Wildman–Crippen MR) is 102 cm³/mol. The minimum Gasteiger partial charge on any atom is -0.483 e. The second-order valence-corrected chi connectivity index (χ2v) is 7.30.